The Morgan fingerprint density at radius 3 is 2.96 bits per heavy atom. The molecule has 1 saturated heterocycles. The summed E-state index contributed by atoms with van der Waals surface area (Å²) in [6.07, 6.45) is 6.92. The van der Waals surface area contributed by atoms with Crippen molar-refractivity contribution in [1.82, 2.24) is 24.8 Å². The summed E-state index contributed by atoms with van der Waals surface area (Å²) in [5, 5.41) is 3.18. The Morgan fingerprint density at radius 1 is 1.26 bits per heavy atom. The van der Waals surface area contributed by atoms with Crippen molar-refractivity contribution in [3.8, 4) is 0 Å². The van der Waals surface area contributed by atoms with E-state index in [-0.39, 0.29) is 11.8 Å². The van der Waals surface area contributed by atoms with E-state index >= 15 is 0 Å². The first-order valence-electron chi connectivity index (χ1n) is 8.90. The van der Waals surface area contributed by atoms with Crippen LogP contribution >= 0.6 is 11.3 Å². The van der Waals surface area contributed by atoms with Crippen molar-refractivity contribution in [3.05, 3.63) is 58.6 Å². The van der Waals surface area contributed by atoms with E-state index in [2.05, 4.69) is 20.3 Å². The van der Waals surface area contributed by atoms with Gasteiger partial charge in [-0.25, -0.2) is 15.0 Å². The highest BCUT2D eigenvalue weighted by Gasteiger charge is 2.28. The molecule has 1 fully saturated rings. The maximum absolute atomic E-state index is 12.8. The average molecular weight is 380 g/mol. The minimum absolute atomic E-state index is 0.0774. The van der Waals surface area contributed by atoms with Crippen molar-refractivity contribution in [2.24, 2.45) is 0 Å². The van der Waals surface area contributed by atoms with Gasteiger partial charge in [0.2, 0.25) is 0 Å². The van der Waals surface area contributed by atoms with E-state index in [1.54, 1.807) is 24.1 Å². The number of nitrogens with zero attached hydrogens (tertiary/aromatic N) is 5. The van der Waals surface area contributed by atoms with Crippen LogP contribution in [0.2, 0.25) is 0 Å². The molecule has 27 heavy (non-hydrogen) atoms. The molecule has 4 heterocycles. The number of nitrogens with one attached hydrogen (secondary N) is 1. The number of aromatic nitrogens is 4. The van der Waals surface area contributed by atoms with Gasteiger partial charge in [0, 0.05) is 37.1 Å². The van der Waals surface area contributed by atoms with Gasteiger partial charge in [0.25, 0.3) is 5.91 Å². The van der Waals surface area contributed by atoms with Crippen molar-refractivity contribution in [3.63, 3.8) is 0 Å². The summed E-state index contributed by atoms with van der Waals surface area (Å²) >= 11 is 1.41. The Balaban J connectivity index is 1.49. The molecule has 1 aliphatic heterocycles. The van der Waals surface area contributed by atoms with E-state index in [0.29, 0.717) is 12.4 Å². The lowest BCUT2D eigenvalue weighted by molar-refractivity contribution is 0.0710. The minimum Gasteiger partial charge on any atom is -0.337 e. The summed E-state index contributed by atoms with van der Waals surface area (Å²) in [7, 11) is 0. The van der Waals surface area contributed by atoms with E-state index in [0.717, 1.165) is 41.5 Å². The molecule has 4 rings (SSSR count). The van der Waals surface area contributed by atoms with E-state index in [1.807, 2.05) is 30.0 Å². The Labute approximate surface area is 161 Å². The number of thiazole rings is 1. The van der Waals surface area contributed by atoms with Gasteiger partial charge < -0.3 is 10.2 Å². The number of likely N-dealkylation sites (tertiary alicyclic amines) is 1. The van der Waals surface area contributed by atoms with E-state index in [4.69, 9.17) is 4.98 Å². The molecule has 1 atom stereocenters. The summed E-state index contributed by atoms with van der Waals surface area (Å²) in [6, 6.07) is 5.91. The molecule has 8 heteroatoms. The number of carbonyl (C=O) groups excluding carboxylic acids is 1. The number of hydrogen-bond acceptors (Lipinski definition) is 7. The zero-order valence-corrected chi connectivity index (χ0v) is 15.8. The standard InChI is InChI=1S/C19H20N6OS/c1-13-18(27-12-22-13)19(26)25-9-3-4-14(11-25)15-5-2-6-16(23-15)24-17-10-20-7-8-21-17/h2,5-8,10,12,14H,3-4,9,11H2,1H3,(H,21,23,24). The highest BCUT2D eigenvalue weighted by atomic mass is 32.1. The number of carbonyl (C=O) groups is 1. The maximum Gasteiger partial charge on any atom is 0.265 e. The normalized spacial score (nSPS) is 16.9. The van der Waals surface area contributed by atoms with Crippen LogP contribution in [0.4, 0.5) is 11.6 Å². The topological polar surface area (TPSA) is 83.9 Å². The number of pyridine rings is 1. The maximum atomic E-state index is 12.8. The number of amides is 1. The molecule has 0 aromatic carbocycles. The highest BCUT2D eigenvalue weighted by Crippen LogP contribution is 2.28. The molecule has 1 aliphatic rings. The van der Waals surface area contributed by atoms with Gasteiger partial charge in [-0.1, -0.05) is 6.07 Å². The predicted octanol–water partition coefficient (Wildman–Crippen LogP) is 3.40. The lowest BCUT2D eigenvalue weighted by Gasteiger charge is -2.32. The average Bonchev–Trinajstić information content (AvgIpc) is 3.14. The molecule has 0 bridgehead atoms. The van der Waals surface area contributed by atoms with E-state index in [1.165, 1.54) is 11.3 Å². The second-order valence-corrected chi connectivity index (χ2v) is 7.38. The van der Waals surface area contributed by atoms with Gasteiger partial charge in [0.1, 0.15) is 16.5 Å². The Hall–Kier alpha value is -2.87. The summed E-state index contributed by atoms with van der Waals surface area (Å²) in [6.45, 7) is 3.34. The van der Waals surface area contributed by atoms with Gasteiger partial charge in [-0.2, -0.15) is 0 Å². The van der Waals surface area contributed by atoms with Crippen molar-refractivity contribution < 1.29 is 4.79 Å². The third kappa shape index (κ3) is 3.95. The third-order valence-electron chi connectivity index (χ3n) is 4.66. The quantitative estimate of drug-likeness (QED) is 0.747. The van der Waals surface area contributed by atoms with Crippen molar-refractivity contribution in [1.29, 1.82) is 0 Å². The first kappa shape index (κ1) is 17.5. The van der Waals surface area contributed by atoms with Gasteiger partial charge in [0.15, 0.2) is 0 Å². The predicted molar refractivity (Wildman–Crippen MR) is 104 cm³/mol. The first-order valence-corrected chi connectivity index (χ1v) is 9.78. The van der Waals surface area contributed by atoms with Crippen LogP contribution < -0.4 is 5.32 Å². The zero-order chi connectivity index (χ0) is 18.6. The largest absolute Gasteiger partial charge is 0.337 e. The van der Waals surface area contributed by atoms with E-state index < -0.39 is 0 Å². The van der Waals surface area contributed by atoms with Crippen molar-refractivity contribution in [2.75, 3.05) is 18.4 Å². The number of anilines is 2. The van der Waals surface area contributed by atoms with Crippen LogP contribution in [0.5, 0.6) is 0 Å². The molecule has 0 saturated carbocycles. The van der Waals surface area contributed by atoms with Gasteiger partial charge in [-0.05, 0) is 31.9 Å². The fourth-order valence-electron chi connectivity index (χ4n) is 3.30. The Bertz CT molecular complexity index is 929. The van der Waals surface area contributed by atoms with Gasteiger partial charge >= 0.3 is 0 Å². The SMILES string of the molecule is Cc1ncsc1C(=O)N1CCCC(c2cccc(Nc3cnccn3)n2)C1. The second-order valence-electron chi connectivity index (χ2n) is 6.52. The molecule has 3 aromatic heterocycles. The minimum atomic E-state index is 0.0774. The van der Waals surface area contributed by atoms with Crippen molar-refractivity contribution in [2.45, 2.75) is 25.7 Å². The summed E-state index contributed by atoms with van der Waals surface area (Å²) in [5.74, 6) is 1.69. The molecular formula is C19H20N6OS. The number of rotatable bonds is 4. The molecular weight excluding hydrogens is 360 g/mol. The molecule has 1 unspecified atom stereocenters. The van der Waals surface area contributed by atoms with Crippen LogP contribution in [0.15, 0.2) is 42.3 Å². The fraction of sp³-hybridized carbons (Fsp3) is 0.316. The summed E-state index contributed by atoms with van der Waals surface area (Å²) in [4.78, 5) is 32.7. The lowest BCUT2D eigenvalue weighted by atomic mass is 9.94. The summed E-state index contributed by atoms with van der Waals surface area (Å²) < 4.78 is 0. The van der Waals surface area contributed by atoms with Gasteiger partial charge in [-0.15, -0.1) is 11.3 Å². The van der Waals surface area contributed by atoms with Gasteiger partial charge in [0.05, 0.1) is 17.4 Å². The molecule has 0 radical (unpaired) electrons. The van der Waals surface area contributed by atoms with Crippen LogP contribution in [-0.4, -0.2) is 43.8 Å². The molecule has 0 spiro atoms. The van der Waals surface area contributed by atoms with Gasteiger partial charge in [-0.3, -0.25) is 9.78 Å². The molecule has 1 amide bonds. The number of hydrogen-bond donors (Lipinski definition) is 1. The fourth-order valence-corrected chi connectivity index (χ4v) is 4.07. The molecule has 7 nitrogen and oxygen atoms in total. The van der Waals surface area contributed by atoms with Crippen molar-refractivity contribution >= 4 is 28.9 Å². The van der Waals surface area contributed by atoms with Crippen LogP contribution in [0.1, 0.15) is 39.8 Å². The summed E-state index contributed by atoms with van der Waals surface area (Å²) in [5.41, 5.74) is 3.52. The zero-order valence-electron chi connectivity index (χ0n) is 15.0. The third-order valence-corrected chi connectivity index (χ3v) is 5.57. The van der Waals surface area contributed by atoms with Crippen LogP contribution in [0, 0.1) is 6.92 Å². The Kier molecular flexibility index (Phi) is 5.06. The number of piperidine rings is 1. The smallest absolute Gasteiger partial charge is 0.265 e. The highest BCUT2D eigenvalue weighted by molar-refractivity contribution is 7.11. The first-order chi connectivity index (χ1) is 13.2. The lowest BCUT2D eigenvalue weighted by Crippen LogP contribution is -2.39. The monoisotopic (exact) mass is 380 g/mol. The Morgan fingerprint density at radius 2 is 2.19 bits per heavy atom. The molecule has 3 aromatic rings. The molecule has 1 N–H and O–H groups in total. The second kappa shape index (κ2) is 7.79. The van der Waals surface area contributed by atoms with Crippen LogP contribution in [-0.2, 0) is 0 Å². The van der Waals surface area contributed by atoms with E-state index in [9.17, 15) is 4.79 Å². The van der Waals surface area contributed by atoms with Crippen LogP contribution in [0.25, 0.3) is 0 Å². The number of aryl methyl sites for hydroxylation is 1. The molecule has 138 valence electrons. The molecule has 0 aliphatic carbocycles. The van der Waals surface area contributed by atoms with Crippen LogP contribution in [0.3, 0.4) is 0 Å².